The summed E-state index contributed by atoms with van der Waals surface area (Å²) in [6.45, 7) is 5.97. The largest absolute Gasteiger partial charge is 0.466 e. The van der Waals surface area contributed by atoms with E-state index in [1.165, 1.54) is 10.7 Å². The summed E-state index contributed by atoms with van der Waals surface area (Å²) >= 11 is 0. The molecule has 12 heteroatoms. The van der Waals surface area contributed by atoms with Crippen LogP contribution in [-0.2, 0) is 9.53 Å². The molecule has 214 valence electrons. The lowest BCUT2D eigenvalue weighted by Gasteiger charge is -2.21. The van der Waals surface area contributed by atoms with E-state index in [-0.39, 0.29) is 30.4 Å². The molecule has 2 atom stereocenters. The predicted molar refractivity (Wildman–Crippen MR) is 146 cm³/mol. The van der Waals surface area contributed by atoms with Gasteiger partial charge in [0.05, 0.1) is 23.9 Å². The van der Waals surface area contributed by atoms with E-state index in [0.717, 1.165) is 6.07 Å². The first-order valence-corrected chi connectivity index (χ1v) is 13.1. The van der Waals surface area contributed by atoms with Gasteiger partial charge in [0, 0.05) is 39.2 Å². The number of likely N-dealkylation sites (N-methyl/N-ethyl adjacent to an activating group) is 1. The maximum atomic E-state index is 14.1. The molecule has 1 aliphatic heterocycles. The molecule has 4 rings (SSSR count). The Morgan fingerprint density at radius 2 is 1.88 bits per heavy atom. The van der Waals surface area contributed by atoms with Crippen molar-refractivity contribution in [3.8, 4) is 11.6 Å². The van der Waals surface area contributed by atoms with Gasteiger partial charge in [-0.25, -0.2) is 18.3 Å². The van der Waals surface area contributed by atoms with Gasteiger partial charge in [-0.1, -0.05) is 24.3 Å². The van der Waals surface area contributed by atoms with E-state index in [1.807, 2.05) is 37.3 Å². The molecule has 1 saturated heterocycles. The summed E-state index contributed by atoms with van der Waals surface area (Å²) in [6, 6.07) is 12.1. The van der Waals surface area contributed by atoms with Crippen LogP contribution in [0.4, 0.5) is 19.4 Å². The molecule has 1 aliphatic rings. The van der Waals surface area contributed by atoms with Gasteiger partial charge in [-0.15, -0.1) is 5.10 Å². The average Bonchev–Trinajstić information content (AvgIpc) is 3.48. The third-order valence-corrected chi connectivity index (χ3v) is 6.72. The minimum Gasteiger partial charge on any atom is -0.466 e. The fraction of sp³-hybridized carbons (Fsp3) is 0.393. The lowest BCUT2D eigenvalue weighted by atomic mass is 9.94. The predicted octanol–water partition coefficient (Wildman–Crippen LogP) is 3.21. The van der Waals surface area contributed by atoms with Crippen molar-refractivity contribution in [3.63, 3.8) is 0 Å². The van der Waals surface area contributed by atoms with Gasteiger partial charge in [-0.05, 0) is 43.7 Å². The second kappa shape index (κ2) is 13.4. The molecule has 0 radical (unpaired) electrons. The number of para-hydroxylation sites is 1. The molecular weight excluding hydrogens is 522 g/mol. The molecule has 10 nitrogen and oxygen atoms in total. The minimum atomic E-state index is -0.932. The Kier molecular flexibility index (Phi) is 9.67. The maximum Gasteiger partial charge on any atom is 0.320 e. The summed E-state index contributed by atoms with van der Waals surface area (Å²) in [4.78, 5) is 27.4. The van der Waals surface area contributed by atoms with Crippen molar-refractivity contribution in [2.24, 2.45) is 0 Å². The van der Waals surface area contributed by atoms with Crippen LogP contribution < -0.4 is 20.7 Å². The van der Waals surface area contributed by atoms with Crippen LogP contribution in [-0.4, -0.2) is 79.2 Å². The van der Waals surface area contributed by atoms with Gasteiger partial charge in [0.2, 0.25) is 5.88 Å². The minimum absolute atomic E-state index is 0.205. The summed E-state index contributed by atoms with van der Waals surface area (Å²) in [5, 5.41) is 13.0. The monoisotopic (exact) mass is 556 g/mol. The number of halogens is 2. The second-order valence-electron chi connectivity index (χ2n) is 9.51. The Balaban J connectivity index is 1.55. The number of amides is 3. The summed E-state index contributed by atoms with van der Waals surface area (Å²) in [5.74, 6) is -1.83. The molecule has 0 saturated carbocycles. The maximum absolute atomic E-state index is 14.1. The number of ether oxygens (including phenoxy) is 2. The Hall–Kier alpha value is -4.03. The Bertz CT molecular complexity index is 1320. The molecule has 0 aliphatic carbocycles. The molecule has 3 amide bonds. The van der Waals surface area contributed by atoms with Crippen LogP contribution in [0.15, 0.2) is 48.5 Å². The van der Waals surface area contributed by atoms with Gasteiger partial charge in [-0.2, -0.15) is 0 Å². The third kappa shape index (κ3) is 6.93. The van der Waals surface area contributed by atoms with Crippen molar-refractivity contribution in [1.82, 2.24) is 25.3 Å². The Labute approximate surface area is 231 Å². The van der Waals surface area contributed by atoms with Gasteiger partial charge in [0.25, 0.3) is 5.91 Å². The summed E-state index contributed by atoms with van der Waals surface area (Å²) < 4.78 is 40.1. The number of anilines is 1. The number of hydrogen-bond donors (Lipinski definition) is 3. The summed E-state index contributed by atoms with van der Waals surface area (Å²) in [7, 11) is 1.61. The van der Waals surface area contributed by atoms with Crippen LogP contribution in [0.1, 0.15) is 24.0 Å². The van der Waals surface area contributed by atoms with E-state index >= 15 is 0 Å². The van der Waals surface area contributed by atoms with E-state index in [0.29, 0.717) is 55.4 Å². The number of urea groups is 1. The van der Waals surface area contributed by atoms with Gasteiger partial charge >= 0.3 is 6.03 Å². The fourth-order valence-electron chi connectivity index (χ4n) is 4.73. The first-order chi connectivity index (χ1) is 19.3. The molecule has 3 N–H and O–H groups in total. The van der Waals surface area contributed by atoms with Crippen LogP contribution in [0.3, 0.4) is 0 Å². The molecule has 2 heterocycles. The molecule has 3 aromatic rings. The lowest BCUT2D eigenvalue weighted by Crippen LogP contribution is -2.42. The van der Waals surface area contributed by atoms with Crippen LogP contribution in [0.25, 0.3) is 5.69 Å². The number of rotatable bonds is 11. The number of nitrogens with one attached hydrogen (secondary N) is 3. The summed E-state index contributed by atoms with van der Waals surface area (Å²) in [5.41, 5.74) is 1.81. The zero-order valence-electron chi connectivity index (χ0n) is 22.7. The van der Waals surface area contributed by atoms with E-state index < -0.39 is 17.7 Å². The van der Waals surface area contributed by atoms with Crippen molar-refractivity contribution >= 4 is 17.8 Å². The van der Waals surface area contributed by atoms with Crippen LogP contribution in [0.5, 0.6) is 5.88 Å². The van der Waals surface area contributed by atoms with Crippen molar-refractivity contribution in [1.29, 1.82) is 0 Å². The van der Waals surface area contributed by atoms with Crippen molar-refractivity contribution in [2.45, 2.75) is 25.8 Å². The van der Waals surface area contributed by atoms with E-state index in [2.05, 4.69) is 25.9 Å². The third-order valence-electron chi connectivity index (χ3n) is 6.72. The molecule has 2 aromatic carbocycles. The second-order valence-corrected chi connectivity index (χ2v) is 9.51. The number of aromatic nitrogens is 2. The Morgan fingerprint density at radius 3 is 2.58 bits per heavy atom. The SMILES string of the molecule is CCNC(=O)COc1nn(-c2ccccc2)c(NC(=O)N[C@@H]2CN(CCOC)C[C@H]2c2ccc(F)c(F)c2)c1C. The van der Waals surface area contributed by atoms with Crippen LogP contribution >= 0.6 is 0 Å². The average molecular weight is 557 g/mol. The molecular formula is C28H34F2N6O4. The van der Waals surface area contributed by atoms with Gasteiger partial charge in [-0.3, -0.25) is 15.0 Å². The number of methoxy groups -OCH3 is 1. The normalized spacial score (nSPS) is 17.0. The topological polar surface area (TPSA) is 110 Å². The highest BCUT2D eigenvalue weighted by atomic mass is 19.2. The van der Waals surface area contributed by atoms with Crippen molar-refractivity contribution in [2.75, 3.05) is 51.8 Å². The lowest BCUT2D eigenvalue weighted by molar-refractivity contribution is -0.123. The number of carbonyl (C=O) groups is 2. The highest BCUT2D eigenvalue weighted by Gasteiger charge is 2.35. The molecule has 40 heavy (non-hydrogen) atoms. The standard InChI is InChI=1S/C28H34F2N6O4/c1-4-31-25(37)17-40-27-18(2)26(36(34-27)20-8-6-5-7-9-20)33-28(38)32-24-16-35(12-13-39-3)15-21(24)19-10-11-22(29)23(30)14-19/h5-11,14,21,24H,4,12-13,15-17H2,1-3H3,(H,31,37)(H2,32,33,38)/t21-,24+/m0/s1. The first-order valence-electron chi connectivity index (χ1n) is 13.1. The molecule has 0 spiro atoms. The highest BCUT2D eigenvalue weighted by molar-refractivity contribution is 5.90. The van der Waals surface area contributed by atoms with Crippen LogP contribution in [0.2, 0.25) is 0 Å². The zero-order chi connectivity index (χ0) is 28.6. The fourth-order valence-corrected chi connectivity index (χ4v) is 4.73. The zero-order valence-corrected chi connectivity index (χ0v) is 22.7. The van der Waals surface area contributed by atoms with Gasteiger partial charge < -0.3 is 20.1 Å². The van der Waals surface area contributed by atoms with E-state index in [9.17, 15) is 18.4 Å². The highest BCUT2D eigenvalue weighted by Crippen LogP contribution is 2.30. The Morgan fingerprint density at radius 1 is 1.10 bits per heavy atom. The van der Waals surface area contributed by atoms with Gasteiger partial charge in [0.15, 0.2) is 18.2 Å². The molecule has 0 unspecified atom stereocenters. The molecule has 0 bridgehead atoms. The number of likely N-dealkylation sites (tertiary alicyclic amines) is 1. The number of benzene rings is 2. The van der Waals surface area contributed by atoms with E-state index in [1.54, 1.807) is 20.1 Å². The first kappa shape index (κ1) is 29.0. The smallest absolute Gasteiger partial charge is 0.320 e. The van der Waals surface area contributed by atoms with E-state index in [4.69, 9.17) is 9.47 Å². The number of nitrogens with zero attached hydrogens (tertiary/aromatic N) is 3. The number of carbonyl (C=O) groups excluding carboxylic acids is 2. The van der Waals surface area contributed by atoms with Gasteiger partial charge in [0.1, 0.15) is 5.82 Å². The molecule has 1 aromatic heterocycles. The van der Waals surface area contributed by atoms with Crippen molar-refractivity contribution < 1.29 is 27.8 Å². The summed E-state index contributed by atoms with van der Waals surface area (Å²) in [6.07, 6.45) is 0. The van der Waals surface area contributed by atoms with Crippen molar-refractivity contribution in [3.05, 3.63) is 71.3 Å². The quantitative estimate of drug-likeness (QED) is 0.335. The molecule has 1 fully saturated rings. The number of hydrogen-bond acceptors (Lipinski definition) is 6. The van der Waals surface area contributed by atoms with Crippen LogP contribution in [0, 0.1) is 18.6 Å².